The Hall–Kier alpha value is -0.120. The van der Waals surface area contributed by atoms with Gasteiger partial charge < -0.3 is 14.6 Å². The summed E-state index contributed by atoms with van der Waals surface area (Å²) in [6, 6.07) is 0. The van der Waals surface area contributed by atoms with Gasteiger partial charge in [0.15, 0.2) is 0 Å². The molecule has 9 heavy (non-hydrogen) atoms. The van der Waals surface area contributed by atoms with Crippen molar-refractivity contribution in [3.8, 4) is 0 Å². The Kier molecular flexibility index (Phi) is 2.05. The highest BCUT2D eigenvalue weighted by Gasteiger charge is 2.39. The molecule has 1 aliphatic rings. The van der Waals surface area contributed by atoms with Crippen LogP contribution in [-0.2, 0) is 9.47 Å². The molecule has 0 aliphatic carbocycles. The lowest BCUT2D eigenvalue weighted by Gasteiger charge is -2.03. The molecular formula is C6H12O3. The van der Waals surface area contributed by atoms with E-state index in [0.29, 0.717) is 13.2 Å². The van der Waals surface area contributed by atoms with E-state index < -0.39 is 0 Å². The van der Waals surface area contributed by atoms with Crippen LogP contribution in [0.1, 0.15) is 6.92 Å². The van der Waals surface area contributed by atoms with Gasteiger partial charge in [0.2, 0.25) is 0 Å². The van der Waals surface area contributed by atoms with Crippen molar-refractivity contribution in [2.24, 2.45) is 0 Å². The molecule has 3 heteroatoms. The summed E-state index contributed by atoms with van der Waals surface area (Å²) < 4.78 is 10.1. The van der Waals surface area contributed by atoms with Gasteiger partial charge in [-0.2, -0.15) is 0 Å². The molecule has 0 amide bonds. The molecule has 1 aliphatic heterocycles. The highest BCUT2D eigenvalue weighted by atomic mass is 16.6. The van der Waals surface area contributed by atoms with Crippen LogP contribution >= 0.6 is 0 Å². The second-order valence-corrected chi connectivity index (χ2v) is 2.51. The molecule has 1 saturated heterocycles. The summed E-state index contributed by atoms with van der Waals surface area (Å²) in [5.74, 6) is 0. The van der Waals surface area contributed by atoms with E-state index in [4.69, 9.17) is 14.6 Å². The zero-order valence-electron chi connectivity index (χ0n) is 5.59. The van der Waals surface area contributed by atoms with Gasteiger partial charge in [-0.3, -0.25) is 0 Å². The first-order chi connectivity index (χ1) is 4.27. The second-order valence-electron chi connectivity index (χ2n) is 2.51. The first kappa shape index (κ1) is 6.99. The van der Waals surface area contributed by atoms with Crippen LogP contribution in [0.15, 0.2) is 0 Å². The first-order valence-electron chi connectivity index (χ1n) is 3.09. The van der Waals surface area contributed by atoms with Crippen LogP contribution in [0.3, 0.4) is 0 Å². The van der Waals surface area contributed by atoms with Crippen LogP contribution in [-0.4, -0.2) is 37.1 Å². The van der Waals surface area contributed by atoms with Gasteiger partial charge in [0.05, 0.1) is 26.4 Å². The van der Waals surface area contributed by atoms with E-state index in [9.17, 15) is 0 Å². The van der Waals surface area contributed by atoms with E-state index >= 15 is 0 Å². The Morgan fingerprint density at radius 2 is 2.44 bits per heavy atom. The lowest BCUT2D eigenvalue weighted by atomic mass is 10.2. The topological polar surface area (TPSA) is 42.0 Å². The molecule has 1 unspecified atom stereocenters. The predicted molar refractivity (Wildman–Crippen MR) is 32.3 cm³/mol. The Balaban J connectivity index is 1.92. The number of aliphatic hydroxyl groups is 1. The van der Waals surface area contributed by atoms with Crippen molar-refractivity contribution in [2.75, 3.05) is 26.4 Å². The number of epoxide rings is 1. The zero-order chi connectivity index (χ0) is 6.74. The zero-order valence-corrected chi connectivity index (χ0v) is 5.59. The number of hydrogen-bond acceptors (Lipinski definition) is 3. The monoisotopic (exact) mass is 132 g/mol. The predicted octanol–water partition coefficient (Wildman–Crippen LogP) is -0.216. The lowest BCUT2D eigenvalue weighted by molar-refractivity contribution is 0.0586. The maximum Gasteiger partial charge on any atom is 0.112 e. The third-order valence-corrected chi connectivity index (χ3v) is 1.28. The minimum absolute atomic E-state index is 0.0326. The SMILES string of the molecule is CC1(COCCO)CO1. The van der Waals surface area contributed by atoms with Crippen molar-refractivity contribution in [3.63, 3.8) is 0 Å². The fourth-order valence-corrected chi connectivity index (χ4v) is 0.559. The summed E-state index contributed by atoms with van der Waals surface area (Å²) in [7, 11) is 0. The minimum Gasteiger partial charge on any atom is -0.394 e. The summed E-state index contributed by atoms with van der Waals surface area (Å²) >= 11 is 0. The summed E-state index contributed by atoms with van der Waals surface area (Å²) in [5, 5.41) is 8.32. The molecule has 0 radical (unpaired) electrons. The summed E-state index contributed by atoms with van der Waals surface area (Å²) in [6.45, 7) is 3.89. The average molecular weight is 132 g/mol. The van der Waals surface area contributed by atoms with Gasteiger partial charge in [0.1, 0.15) is 5.60 Å². The number of rotatable bonds is 4. The molecule has 0 aromatic heterocycles. The van der Waals surface area contributed by atoms with Gasteiger partial charge in [-0.15, -0.1) is 0 Å². The van der Waals surface area contributed by atoms with Crippen molar-refractivity contribution < 1.29 is 14.6 Å². The van der Waals surface area contributed by atoms with Crippen LogP contribution in [0.4, 0.5) is 0 Å². The number of aliphatic hydroxyl groups excluding tert-OH is 1. The van der Waals surface area contributed by atoms with Crippen LogP contribution < -0.4 is 0 Å². The molecular weight excluding hydrogens is 120 g/mol. The van der Waals surface area contributed by atoms with Crippen molar-refractivity contribution in [1.82, 2.24) is 0 Å². The smallest absolute Gasteiger partial charge is 0.112 e. The van der Waals surface area contributed by atoms with Crippen LogP contribution in [0.25, 0.3) is 0 Å². The number of hydrogen-bond donors (Lipinski definition) is 1. The second kappa shape index (κ2) is 2.64. The van der Waals surface area contributed by atoms with Gasteiger partial charge >= 0.3 is 0 Å². The Morgan fingerprint density at radius 1 is 1.78 bits per heavy atom. The summed E-state index contributed by atoms with van der Waals surface area (Å²) in [4.78, 5) is 0. The van der Waals surface area contributed by atoms with Gasteiger partial charge in [0, 0.05) is 0 Å². The highest BCUT2D eigenvalue weighted by molar-refractivity contribution is 4.86. The van der Waals surface area contributed by atoms with Gasteiger partial charge in [-0.25, -0.2) is 0 Å². The van der Waals surface area contributed by atoms with E-state index in [1.54, 1.807) is 0 Å². The molecule has 3 nitrogen and oxygen atoms in total. The summed E-state index contributed by atoms with van der Waals surface area (Å²) in [6.07, 6.45) is 0. The van der Waals surface area contributed by atoms with E-state index in [2.05, 4.69) is 0 Å². The van der Waals surface area contributed by atoms with E-state index in [1.807, 2.05) is 6.92 Å². The van der Waals surface area contributed by atoms with E-state index in [1.165, 1.54) is 0 Å². The molecule has 0 bridgehead atoms. The molecule has 1 heterocycles. The van der Waals surface area contributed by atoms with Gasteiger partial charge in [-0.05, 0) is 6.92 Å². The maximum absolute atomic E-state index is 8.32. The van der Waals surface area contributed by atoms with Crippen molar-refractivity contribution >= 4 is 0 Å². The largest absolute Gasteiger partial charge is 0.394 e. The molecule has 0 aromatic carbocycles. The van der Waals surface area contributed by atoms with Crippen LogP contribution in [0.5, 0.6) is 0 Å². The fraction of sp³-hybridized carbons (Fsp3) is 1.00. The Bertz CT molecular complexity index is 88.3. The summed E-state index contributed by atoms with van der Waals surface area (Å²) in [5.41, 5.74) is -0.0326. The minimum atomic E-state index is -0.0326. The van der Waals surface area contributed by atoms with Crippen molar-refractivity contribution in [2.45, 2.75) is 12.5 Å². The molecule has 0 saturated carbocycles. The molecule has 1 N–H and O–H groups in total. The molecule has 0 spiro atoms. The Morgan fingerprint density at radius 3 is 2.89 bits per heavy atom. The quantitative estimate of drug-likeness (QED) is 0.425. The van der Waals surface area contributed by atoms with E-state index in [-0.39, 0.29) is 12.2 Å². The first-order valence-corrected chi connectivity index (χ1v) is 3.09. The van der Waals surface area contributed by atoms with Gasteiger partial charge in [-0.1, -0.05) is 0 Å². The average Bonchev–Trinajstić information content (AvgIpc) is 2.50. The molecule has 1 fully saturated rings. The third kappa shape index (κ3) is 2.30. The molecule has 54 valence electrons. The molecule has 1 rings (SSSR count). The maximum atomic E-state index is 8.32. The van der Waals surface area contributed by atoms with E-state index in [0.717, 1.165) is 6.61 Å². The van der Waals surface area contributed by atoms with Crippen LogP contribution in [0, 0.1) is 0 Å². The molecule has 1 atom stereocenters. The molecule has 0 aromatic rings. The Labute approximate surface area is 54.6 Å². The van der Waals surface area contributed by atoms with Crippen molar-refractivity contribution in [1.29, 1.82) is 0 Å². The van der Waals surface area contributed by atoms with Gasteiger partial charge in [0.25, 0.3) is 0 Å². The third-order valence-electron chi connectivity index (χ3n) is 1.28. The van der Waals surface area contributed by atoms with Crippen LogP contribution in [0.2, 0.25) is 0 Å². The highest BCUT2D eigenvalue weighted by Crippen LogP contribution is 2.25. The van der Waals surface area contributed by atoms with Crippen molar-refractivity contribution in [3.05, 3.63) is 0 Å². The normalized spacial score (nSPS) is 32.7. The fourth-order valence-electron chi connectivity index (χ4n) is 0.559. The lowest BCUT2D eigenvalue weighted by Crippen LogP contribution is -2.15. The standard InChI is InChI=1S/C6H12O3/c1-6(5-9-6)4-8-3-2-7/h7H,2-5H2,1H3. The number of ether oxygens (including phenoxy) is 2.